The molecule has 0 aliphatic rings. The van der Waals surface area contributed by atoms with Crippen LogP contribution in [-0.2, 0) is 11.3 Å². The fourth-order valence-corrected chi connectivity index (χ4v) is 1.03. The van der Waals surface area contributed by atoms with Crippen LogP contribution < -0.4 is 5.32 Å². The van der Waals surface area contributed by atoms with Gasteiger partial charge in [-0.1, -0.05) is 0 Å². The first-order chi connectivity index (χ1) is 7.02. The molecule has 15 heavy (non-hydrogen) atoms. The van der Waals surface area contributed by atoms with E-state index in [2.05, 4.69) is 10.3 Å². The van der Waals surface area contributed by atoms with Crippen LogP contribution in [0.25, 0.3) is 0 Å². The van der Waals surface area contributed by atoms with Crippen LogP contribution in [0.2, 0.25) is 0 Å². The number of carbonyl (C=O) groups is 1. The minimum Gasteiger partial charge on any atom is -0.479 e. The van der Waals surface area contributed by atoms with E-state index in [1.165, 1.54) is 6.92 Å². The Labute approximate surface area is 87.8 Å². The summed E-state index contributed by atoms with van der Waals surface area (Å²) in [7, 11) is 0. The Morgan fingerprint density at radius 1 is 1.53 bits per heavy atom. The van der Waals surface area contributed by atoms with E-state index in [0.717, 1.165) is 5.56 Å². The third-order valence-electron chi connectivity index (χ3n) is 2.01. The van der Waals surface area contributed by atoms with Gasteiger partial charge in [0, 0.05) is 25.5 Å². The lowest BCUT2D eigenvalue weighted by atomic mass is 10.1. The number of pyridine rings is 1. The number of aliphatic hydroxyl groups is 1. The van der Waals surface area contributed by atoms with E-state index in [1.807, 2.05) is 12.1 Å². The Balaban J connectivity index is 2.37. The van der Waals surface area contributed by atoms with Gasteiger partial charge in [0.25, 0.3) is 0 Å². The topological polar surface area (TPSA) is 82.5 Å². The first-order valence-corrected chi connectivity index (χ1v) is 4.58. The zero-order valence-electron chi connectivity index (χ0n) is 8.47. The maximum atomic E-state index is 10.6. The predicted octanol–water partition coefficient (Wildman–Crippen LogP) is 0.00680. The Bertz CT molecular complexity index is 325. The summed E-state index contributed by atoms with van der Waals surface area (Å²) in [6, 6.07) is 3.64. The minimum atomic E-state index is -1.73. The van der Waals surface area contributed by atoms with Gasteiger partial charge < -0.3 is 15.5 Å². The van der Waals surface area contributed by atoms with Crippen LogP contribution in [-0.4, -0.2) is 33.3 Å². The zero-order valence-corrected chi connectivity index (χ0v) is 8.47. The lowest BCUT2D eigenvalue weighted by Gasteiger charge is -2.18. The fourth-order valence-electron chi connectivity index (χ4n) is 1.03. The smallest absolute Gasteiger partial charge is 0.336 e. The molecule has 0 fully saturated rings. The van der Waals surface area contributed by atoms with Gasteiger partial charge in [-0.3, -0.25) is 4.98 Å². The first kappa shape index (κ1) is 11.6. The summed E-state index contributed by atoms with van der Waals surface area (Å²) >= 11 is 0. The maximum Gasteiger partial charge on any atom is 0.336 e. The van der Waals surface area contributed by atoms with Crippen molar-refractivity contribution >= 4 is 5.97 Å². The molecule has 1 unspecified atom stereocenters. The van der Waals surface area contributed by atoms with Gasteiger partial charge in [0.15, 0.2) is 5.60 Å². The number of carboxylic acid groups (broad SMARTS) is 1. The maximum absolute atomic E-state index is 10.6. The highest BCUT2D eigenvalue weighted by Crippen LogP contribution is 2.02. The van der Waals surface area contributed by atoms with Crippen molar-refractivity contribution in [2.24, 2.45) is 0 Å². The van der Waals surface area contributed by atoms with Crippen molar-refractivity contribution in [3.63, 3.8) is 0 Å². The molecule has 3 N–H and O–H groups in total. The van der Waals surface area contributed by atoms with E-state index in [-0.39, 0.29) is 6.54 Å². The quantitative estimate of drug-likeness (QED) is 0.637. The summed E-state index contributed by atoms with van der Waals surface area (Å²) < 4.78 is 0. The highest BCUT2D eigenvalue weighted by molar-refractivity contribution is 5.76. The van der Waals surface area contributed by atoms with E-state index >= 15 is 0 Å². The summed E-state index contributed by atoms with van der Waals surface area (Å²) in [5, 5.41) is 20.9. The van der Waals surface area contributed by atoms with Gasteiger partial charge in [0.05, 0.1) is 0 Å². The van der Waals surface area contributed by atoms with Crippen molar-refractivity contribution in [1.29, 1.82) is 0 Å². The van der Waals surface area contributed by atoms with Gasteiger partial charge in [-0.2, -0.15) is 0 Å². The van der Waals surface area contributed by atoms with E-state index in [4.69, 9.17) is 5.11 Å². The summed E-state index contributed by atoms with van der Waals surface area (Å²) in [4.78, 5) is 14.4. The number of hydrogen-bond acceptors (Lipinski definition) is 4. The van der Waals surface area contributed by atoms with Crippen molar-refractivity contribution in [2.45, 2.75) is 19.1 Å². The molecule has 1 rings (SSSR count). The third kappa shape index (κ3) is 3.65. The van der Waals surface area contributed by atoms with Crippen LogP contribution in [0.3, 0.4) is 0 Å². The molecule has 82 valence electrons. The molecule has 0 aliphatic heterocycles. The monoisotopic (exact) mass is 210 g/mol. The van der Waals surface area contributed by atoms with Gasteiger partial charge in [-0.25, -0.2) is 4.79 Å². The molecule has 0 aliphatic carbocycles. The Hall–Kier alpha value is -1.46. The summed E-state index contributed by atoms with van der Waals surface area (Å²) in [5.74, 6) is -1.23. The largest absolute Gasteiger partial charge is 0.479 e. The van der Waals surface area contributed by atoms with Crippen molar-refractivity contribution in [3.05, 3.63) is 30.1 Å². The van der Waals surface area contributed by atoms with Crippen molar-refractivity contribution in [3.8, 4) is 0 Å². The second kappa shape index (κ2) is 4.86. The lowest BCUT2D eigenvalue weighted by Crippen LogP contribution is -2.44. The molecule has 0 saturated carbocycles. The number of nitrogens with zero attached hydrogens (tertiary/aromatic N) is 1. The highest BCUT2D eigenvalue weighted by atomic mass is 16.4. The molecule has 0 aromatic carbocycles. The Kier molecular flexibility index (Phi) is 3.76. The number of rotatable bonds is 5. The van der Waals surface area contributed by atoms with E-state index in [1.54, 1.807) is 12.4 Å². The summed E-state index contributed by atoms with van der Waals surface area (Å²) in [6.07, 6.45) is 3.32. The van der Waals surface area contributed by atoms with Gasteiger partial charge in [-0.05, 0) is 24.6 Å². The molecule has 0 spiro atoms. The fraction of sp³-hybridized carbons (Fsp3) is 0.400. The molecular weight excluding hydrogens is 196 g/mol. The Morgan fingerprint density at radius 3 is 2.67 bits per heavy atom. The average Bonchev–Trinajstić information content (AvgIpc) is 2.19. The van der Waals surface area contributed by atoms with Crippen LogP contribution in [0, 0.1) is 0 Å². The number of nitrogens with one attached hydrogen (secondary N) is 1. The second-order valence-corrected chi connectivity index (χ2v) is 3.54. The molecule has 1 heterocycles. The lowest BCUT2D eigenvalue weighted by molar-refractivity contribution is -0.156. The number of aromatic nitrogens is 1. The molecule has 0 amide bonds. The molecule has 5 nitrogen and oxygen atoms in total. The molecule has 0 saturated heterocycles. The summed E-state index contributed by atoms with van der Waals surface area (Å²) in [6.45, 7) is 1.77. The molecule has 1 atom stereocenters. The van der Waals surface area contributed by atoms with Crippen LogP contribution in [0.4, 0.5) is 0 Å². The molecular formula is C10H14N2O3. The first-order valence-electron chi connectivity index (χ1n) is 4.58. The highest BCUT2D eigenvalue weighted by Gasteiger charge is 2.28. The normalized spacial score (nSPS) is 14.5. The molecule has 0 radical (unpaired) electrons. The third-order valence-corrected chi connectivity index (χ3v) is 2.01. The zero-order chi connectivity index (χ0) is 11.3. The van der Waals surface area contributed by atoms with E-state index in [0.29, 0.717) is 6.54 Å². The number of hydrogen-bond donors (Lipinski definition) is 3. The van der Waals surface area contributed by atoms with Crippen molar-refractivity contribution in [2.75, 3.05) is 6.54 Å². The molecule has 1 aromatic heterocycles. The number of aliphatic carboxylic acids is 1. The van der Waals surface area contributed by atoms with Gasteiger partial charge in [-0.15, -0.1) is 0 Å². The van der Waals surface area contributed by atoms with Gasteiger partial charge in [0.2, 0.25) is 0 Å². The number of carboxylic acids is 1. The van der Waals surface area contributed by atoms with Crippen LogP contribution in [0.5, 0.6) is 0 Å². The standard InChI is InChI=1S/C10H14N2O3/c1-10(15,9(13)14)7-12-6-8-2-4-11-5-3-8/h2-5,12,15H,6-7H2,1H3,(H,13,14). The average molecular weight is 210 g/mol. The molecule has 5 heteroatoms. The van der Waals surface area contributed by atoms with Crippen LogP contribution >= 0.6 is 0 Å². The minimum absolute atomic E-state index is 0.00462. The van der Waals surface area contributed by atoms with Crippen molar-refractivity contribution < 1.29 is 15.0 Å². The second-order valence-electron chi connectivity index (χ2n) is 3.54. The van der Waals surface area contributed by atoms with E-state index < -0.39 is 11.6 Å². The Morgan fingerprint density at radius 2 is 2.13 bits per heavy atom. The van der Waals surface area contributed by atoms with Gasteiger partial charge >= 0.3 is 5.97 Å². The molecule has 1 aromatic rings. The van der Waals surface area contributed by atoms with Crippen LogP contribution in [0.15, 0.2) is 24.5 Å². The molecule has 0 bridgehead atoms. The van der Waals surface area contributed by atoms with Crippen molar-refractivity contribution in [1.82, 2.24) is 10.3 Å². The SMILES string of the molecule is CC(O)(CNCc1ccncc1)C(=O)O. The van der Waals surface area contributed by atoms with Crippen LogP contribution in [0.1, 0.15) is 12.5 Å². The summed E-state index contributed by atoms with van der Waals surface area (Å²) in [5.41, 5.74) is -0.737. The predicted molar refractivity (Wildman–Crippen MR) is 54.2 cm³/mol. The van der Waals surface area contributed by atoms with Gasteiger partial charge in [0.1, 0.15) is 0 Å². The van der Waals surface area contributed by atoms with E-state index in [9.17, 15) is 9.90 Å².